The molecule has 1 aromatic carbocycles. The van der Waals surface area contributed by atoms with Gasteiger partial charge < -0.3 is 15.1 Å². The van der Waals surface area contributed by atoms with Gasteiger partial charge in [0.25, 0.3) is 5.91 Å². The van der Waals surface area contributed by atoms with Gasteiger partial charge in [-0.15, -0.1) is 11.3 Å². The van der Waals surface area contributed by atoms with Crippen LogP contribution in [0.3, 0.4) is 0 Å². The summed E-state index contributed by atoms with van der Waals surface area (Å²) in [5.41, 5.74) is 1.18. The number of nitrogens with zero attached hydrogens (tertiary/aromatic N) is 1. The first-order valence-corrected chi connectivity index (χ1v) is 8.12. The molecule has 0 bridgehead atoms. The van der Waals surface area contributed by atoms with E-state index in [1.54, 1.807) is 12.3 Å². The van der Waals surface area contributed by atoms with Crippen LogP contribution in [0, 0.1) is 0 Å². The second-order valence-electron chi connectivity index (χ2n) is 5.00. The minimum Gasteiger partial charge on any atom is -0.459 e. The Morgan fingerprint density at radius 3 is 2.71 bits per heavy atom. The van der Waals surface area contributed by atoms with Gasteiger partial charge >= 0.3 is 0 Å². The number of hydrogen-bond acceptors (Lipinski definition) is 5. The van der Waals surface area contributed by atoms with Gasteiger partial charge in [0.05, 0.1) is 12.8 Å². The standard InChI is InChI=1S/C17H15N3O3S/c21-15(11-18-16(22)14-7-4-8-23-14)20-17-19-10-13(24-17)9-12-5-2-1-3-6-12/h1-8,10H,9,11H2,(H,18,22)(H,19,20,21). The number of hydrogen-bond donors (Lipinski definition) is 2. The van der Waals surface area contributed by atoms with Gasteiger partial charge in [-0.2, -0.15) is 0 Å². The van der Waals surface area contributed by atoms with Crippen LogP contribution in [0.25, 0.3) is 0 Å². The maximum absolute atomic E-state index is 11.9. The molecule has 6 nitrogen and oxygen atoms in total. The molecule has 7 heteroatoms. The van der Waals surface area contributed by atoms with Crippen LogP contribution in [0.2, 0.25) is 0 Å². The molecule has 0 aliphatic rings. The third-order valence-electron chi connectivity index (χ3n) is 3.18. The molecule has 3 rings (SSSR count). The molecule has 0 spiro atoms. The smallest absolute Gasteiger partial charge is 0.287 e. The molecule has 0 aliphatic carbocycles. The van der Waals surface area contributed by atoms with Crippen molar-refractivity contribution in [1.82, 2.24) is 10.3 Å². The Kier molecular flexibility index (Phi) is 5.02. The summed E-state index contributed by atoms with van der Waals surface area (Å²) >= 11 is 1.41. The van der Waals surface area contributed by atoms with Crippen LogP contribution in [0.15, 0.2) is 59.3 Å². The predicted molar refractivity (Wildman–Crippen MR) is 91.0 cm³/mol. The van der Waals surface area contributed by atoms with E-state index in [1.165, 1.54) is 29.2 Å². The lowest BCUT2D eigenvalue weighted by atomic mass is 10.1. The molecule has 0 unspecified atom stereocenters. The Morgan fingerprint density at radius 1 is 1.12 bits per heavy atom. The molecule has 0 aliphatic heterocycles. The summed E-state index contributed by atoms with van der Waals surface area (Å²) in [6, 6.07) is 13.2. The second-order valence-corrected chi connectivity index (χ2v) is 6.12. The highest BCUT2D eigenvalue weighted by Gasteiger charge is 2.11. The zero-order chi connectivity index (χ0) is 16.8. The average molecular weight is 341 g/mol. The van der Waals surface area contributed by atoms with Crippen molar-refractivity contribution in [3.05, 3.63) is 71.1 Å². The predicted octanol–water partition coefficient (Wildman–Crippen LogP) is 2.70. The molecule has 0 atom stereocenters. The largest absolute Gasteiger partial charge is 0.459 e. The SMILES string of the molecule is O=C(CNC(=O)c1ccco1)Nc1ncc(Cc2ccccc2)s1. The normalized spacial score (nSPS) is 10.3. The summed E-state index contributed by atoms with van der Waals surface area (Å²) in [5, 5.41) is 5.67. The van der Waals surface area contributed by atoms with Crippen LogP contribution in [0.4, 0.5) is 5.13 Å². The molecule has 0 fully saturated rings. The topological polar surface area (TPSA) is 84.2 Å². The van der Waals surface area contributed by atoms with E-state index >= 15 is 0 Å². The number of thiazole rings is 1. The lowest BCUT2D eigenvalue weighted by Gasteiger charge is -2.03. The number of amides is 2. The van der Waals surface area contributed by atoms with Crippen LogP contribution in [-0.4, -0.2) is 23.3 Å². The van der Waals surface area contributed by atoms with Gasteiger partial charge in [-0.05, 0) is 17.7 Å². The molecule has 3 aromatic rings. The van der Waals surface area contributed by atoms with Gasteiger partial charge in [0, 0.05) is 17.5 Å². The summed E-state index contributed by atoms with van der Waals surface area (Å²) < 4.78 is 4.95. The van der Waals surface area contributed by atoms with Crippen molar-refractivity contribution in [2.75, 3.05) is 11.9 Å². The Balaban J connectivity index is 1.49. The summed E-state index contributed by atoms with van der Waals surface area (Å²) in [6.45, 7) is -0.146. The summed E-state index contributed by atoms with van der Waals surface area (Å²) in [5.74, 6) is -0.600. The number of rotatable bonds is 6. The van der Waals surface area contributed by atoms with Crippen molar-refractivity contribution in [3.8, 4) is 0 Å². The van der Waals surface area contributed by atoms with E-state index in [0.717, 1.165) is 11.3 Å². The van der Waals surface area contributed by atoms with E-state index in [1.807, 2.05) is 30.3 Å². The molecule has 2 heterocycles. The van der Waals surface area contributed by atoms with Gasteiger partial charge in [0.1, 0.15) is 0 Å². The number of carbonyl (C=O) groups excluding carboxylic acids is 2. The molecule has 122 valence electrons. The van der Waals surface area contributed by atoms with E-state index in [4.69, 9.17) is 4.42 Å². The van der Waals surface area contributed by atoms with E-state index in [0.29, 0.717) is 5.13 Å². The van der Waals surface area contributed by atoms with Gasteiger partial charge in [-0.25, -0.2) is 4.98 Å². The Hall–Kier alpha value is -2.93. The van der Waals surface area contributed by atoms with Crippen molar-refractivity contribution in [2.24, 2.45) is 0 Å². The monoisotopic (exact) mass is 341 g/mol. The molecular formula is C17H15N3O3S. The maximum Gasteiger partial charge on any atom is 0.287 e. The minimum atomic E-state index is -0.431. The highest BCUT2D eigenvalue weighted by Crippen LogP contribution is 2.20. The lowest BCUT2D eigenvalue weighted by molar-refractivity contribution is -0.115. The van der Waals surface area contributed by atoms with Crippen LogP contribution in [0.5, 0.6) is 0 Å². The highest BCUT2D eigenvalue weighted by molar-refractivity contribution is 7.15. The lowest BCUT2D eigenvalue weighted by Crippen LogP contribution is -2.32. The zero-order valence-corrected chi connectivity index (χ0v) is 13.5. The number of nitrogens with one attached hydrogen (secondary N) is 2. The number of furan rings is 1. The minimum absolute atomic E-state index is 0.146. The number of benzene rings is 1. The molecule has 24 heavy (non-hydrogen) atoms. The van der Waals surface area contributed by atoms with E-state index < -0.39 is 5.91 Å². The molecule has 0 saturated heterocycles. The number of anilines is 1. The van der Waals surface area contributed by atoms with Crippen LogP contribution >= 0.6 is 11.3 Å². The fraction of sp³-hybridized carbons (Fsp3) is 0.118. The molecule has 0 radical (unpaired) electrons. The van der Waals surface area contributed by atoms with Crippen molar-refractivity contribution in [3.63, 3.8) is 0 Å². The fourth-order valence-electron chi connectivity index (χ4n) is 2.06. The van der Waals surface area contributed by atoms with Crippen LogP contribution in [-0.2, 0) is 11.2 Å². The molecule has 0 saturated carbocycles. The van der Waals surface area contributed by atoms with Crippen molar-refractivity contribution >= 4 is 28.3 Å². The van der Waals surface area contributed by atoms with E-state index in [-0.39, 0.29) is 18.2 Å². The average Bonchev–Trinajstić information content (AvgIpc) is 3.26. The summed E-state index contributed by atoms with van der Waals surface area (Å²) in [6.07, 6.45) is 3.91. The molecule has 2 N–H and O–H groups in total. The van der Waals surface area contributed by atoms with E-state index in [9.17, 15) is 9.59 Å². The van der Waals surface area contributed by atoms with Gasteiger partial charge in [-0.3, -0.25) is 9.59 Å². The van der Waals surface area contributed by atoms with Crippen molar-refractivity contribution in [1.29, 1.82) is 0 Å². The number of aromatic nitrogens is 1. The van der Waals surface area contributed by atoms with Gasteiger partial charge in [0.2, 0.25) is 5.91 Å². The molecule has 2 amide bonds. The quantitative estimate of drug-likeness (QED) is 0.722. The van der Waals surface area contributed by atoms with Gasteiger partial charge in [0.15, 0.2) is 10.9 Å². The zero-order valence-electron chi connectivity index (χ0n) is 12.7. The first-order chi connectivity index (χ1) is 11.7. The van der Waals surface area contributed by atoms with E-state index in [2.05, 4.69) is 15.6 Å². The van der Waals surface area contributed by atoms with Crippen molar-refractivity contribution < 1.29 is 14.0 Å². The van der Waals surface area contributed by atoms with Crippen LogP contribution in [0.1, 0.15) is 21.0 Å². The Morgan fingerprint density at radius 2 is 1.96 bits per heavy atom. The van der Waals surface area contributed by atoms with Crippen LogP contribution < -0.4 is 10.6 Å². The third-order valence-corrected chi connectivity index (χ3v) is 4.09. The first kappa shape index (κ1) is 15.9. The molecule has 2 aromatic heterocycles. The highest BCUT2D eigenvalue weighted by atomic mass is 32.1. The summed E-state index contributed by atoms with van der Waals surface area (Å²) in [7, 11) is 0. The second kappa shape index (κ2) is 7.56. The number of carbonyl (C=O) groups is 2. The molecular weight excluding hydrogens is 326 g/mol. The maximum atomic E-state index is 11.9. The Bertz CT molecular complexity index is 813. The third kappa shape index (κ3) is 4.30. The fourth-order valence-corrected chi connectivity index (χ4v) is 2.93. The summed E-state index contributed by atoms with van der Waals surface area (Å²) in [4.78, 5) is 28.8. The van der Waals surface area contributed by atoms with Gasteiger partial charge in [-0.1, -0.05) is 30.3 Å². The first-order valence-electron chi connectivity index (χ1n) is 7.31. The van der Waals surface area contributed by atoms with Crippen molar-refractivity contribution in [2.45, 2.75) is 6.42 Å². The Labute approximate surface area is 142 Å².